The van der Waals surface area contributed by atoms with E-state index in [0.29, 0.717) is 0 Å². The van der Waals surface area contributed by atoms with Gasteiger partial charge in [0.2, 0.25) is 0 Å². The second-order valence-electron chi connectivity index (χ2n) is 5.06. The summed E-state index contributed by atoms with van der Waals surface area (Å²) in [5.74, 6) is -0.996. The minimum absolute atomic E-state index is 0.0851. The molecule has 0 fully saturated rings. The summed E-state index contributed by atoms with van der Waals surface area (Å²) in [6, 6.07) is 7.86. The molecule has 1 N–H and O–H groups in total. The molecule has 0 bridgehead atoms. The number of aromatic carboxylic acids is 1. The van der Waals surface area contributed by atoms with Crippen LogP contribution in [0.2, 0.25) is 0 Å². The van der Waals surface area contributed by atoms with Gasteiger partial charge >= 0.3 is 5.97 Å². The number of benzene rings is 1. The van der Waals surface area contributed by atoms with Crippen molar-refractivity contribution < 1.29 is 9.90 Å². The first-order valence-electron chi connectivity index (χ1n) is 6.30. The first-order chi connectivity index (χ1) is 8.90. The lowest BCUT2D eigenvalue weighted by Gasteiger charge is -2.12. The van der Waals surface area contributed by atoms with Gasteiger partial charge < -0.3 is 5.11 Å². The molecule has 0 amide bonds. The zero-order valence-corrected chi connectivity index (χ0v) is 11.6. The average molecular weight is 258 g/mol. The second-order valence-corrected chi connectivity index (χ2v) is 5.06. The lowest BCUT2D eigenvalue weighted by Crippen LogP contribution is -2.06. The Bertz CT molecular complexity index is 627. The molecule has 100 valence electrons. The quantitative estimate of drug-likeness (QED) is 0.917. The molecule has 0 aliphatic heterocycles. The Labute approximate surface area is 112 Å². The fourth-order valence-electron chi connectivity index (χ4n) is 2.01. The smallest absolute Gasteiger partial charge is 0.356 e. The van der Waals surface area contributed by atoms with Crippen molar-refractivity contribution in [2.75, 3.05) is 0 Å². The fourth-order valence-corrected chi connectivity index (χ4v) is 2.01. The lowest BCUT2D eigenvalue weighted by molar-refractivity contribution is 0.0689. The minimum atomic E-state index is -0.996. The second kappa shape index (κ2) is 4.88. The van der Waals surface area contributed by atoms with E-state index in [1.165, 1.54) is 11.1 Å². The van der Waals surface area contributed by atoms with Crippen LogP contribution in [0.1, 0.15) is 41.5 Å². The number of carbonyl (C=O) groups is 1. The fraction of sp³-hybridized carbons (Fsp3) is 0.333. The molecule has 4 heteroatoms. The maximum Gasteiger partial charge on any atom is 0.356 e. The third-order valence-electron chi connectivity index (χ3n) is 3.25. The van der Waals surface area contributed by atoms with Crippen LogP contribution in [0.3, 0.4) is 0 Å². The Balaban J connectivity index is 2.59. The van der Waals surface area contributed by atoms with Gasteiger partial charge in [0, 0.05) is 11.6 Å². The van der Waals surface area contributed by atoms with Crippen molar-refractivity contribution >= 4 is 5.97 Å². The van der Waals surface area contributed by atoms with E-state index in [4.69, 9.17) is 5.11 Å². The predicted molar refractivity (Wildman–Crippen MR) is 74.5 cm³/mol. The van der Waals surface area contributed by atoms with Crippen LogP contribution in [0.4, 0.5) is 0 Å². The average Bonchev–Trinajstić information content (AvgIpc) is 2.78. The molecule has 2 rings (SSSR count). The number of rotatable bonds is 3. The molecule has 0 aliphatic rings. The van der Waals surface area contributed by atoms with Crippen LogP contribution in [0.15, 0.2) is 24.3 Å². The molecule has 0 saturated carbocycles. The summed E-state index contributed by atoms with van der Waals surface area (Å²) < 4.78 is 1.76. The summed E-state index contributed by atoms with van der Waals surface area (Å²) in [6.07, 6.45) is 0. The van der Waals surface area contributed by atoms with Gasteiger partial charge in [-0.25, -0.2) is 4.79 Å². The SMILES string of the molecule is Cc1ccc(-c2cc(C(=O)O)nn2C(C)C)cc1C. The van der Waals surface area contributed by atoms with Crippen LogP contribution < -0.4 is 0 Å². The molecule has 0 radical (unpaired) electrons. The molecule has 4 nitrogen and oxygen atoms in total. The van der Waals surface area contributed by atoms with Crippen molar-refractivity contribution in [3.63, 3.8) is 0 Å². The molecule has 1 heterocycles. The van der Waals surface area contributed by atoms with Crippen LogP contribution in [0, 0.1) is 13.8 Å². The molecular weight excluding hydrogens is 240 g/mol. The highest BCUT2D eigenvalue weighted by Crippen LogP contribution is 2.25. The van der Waals surface area contributed by atoms with Crippen LogP contribution in [0.25, 0.3) is 11.3 Å². The molecule has 0 unspecified atom stereocenters. The molecule has 0 atom stereocenters. The van der Waals surface area contributed by atoms with Gasteiger partial charge in [0.15, 0.2) is 5.69 Å². The van der Waals surface area contributed by atoms with Crippen molar-refractivity contribution in [1.82, 2.24) is 9.78 Å². The highest BCUT2D eigenvalue weighted by molar-refractivity contribution is 5.87. The number of carboxylic acid groups (broad SMARTS) is 1. The zero-order chi connectivity index (χ0) is 14.2. The van der Waals surface area contributed by atoms with Crippen LogP contribution in [-0.4, -0.2) is 20.9 Å². The van der Waals surface area contributed by atoms with E-state index in [1.807, 2.05) is 32.9 Å². The molecule has 1 aromatic heterocycles. The Hall–Kier alpha value is -2.10. The summed E-state index contributed by atoms with van der Waals surface area (Å²) in [4.78, 5) is 11.1. The van der Waals surface area contributed by atoms with Crippen LogP contribution in [-0.2, 0) is 0 Å². The Kier molecular flexibility index (Phi) is 3.42. The summed E-state index contributed by atoms with van der Waals surface area (Å²) in [7, 11) is 0. The largest absolute Gasteiger partial charge is 0.476 e. The van der Waals surface area contributed by atoms with Gasteiger partial charge in [0.25, 0.3) is 0 Å². The number of nitrogens with zero attached hydrogens (tertiary/aromatic N) is 2. The van der Waals surface area contributed by atoms with E-state index >= 15 is 0 Å². The molecule has 19 heavy (non-hydrogen) atoms. The van der Waals surface area contributed by atoms with Crippen LogP contribution in [0.5, 0.6) is 0 Å². The molecular formula is C15H18N2O2. The molecule has 0 spiro atoms. The Morgan fingerprint density at radius 3 is 2.42 bits per heavy atom. The van der Waals surface area contributed by atoms with E-state index in [-0.39, 0.29) is 11.7 Å². The van der Waals surface area contributed by atoms with E-state index in [1.54, 1.807) is 10.7 Å². The topological polar surface area (TPSA) is 55.1 Å². The van der Waals surface area contributed by atoms with Gasteiger partial charge in [-0.2, -0.15) is 5.10 Å². The summed E-state index contributed by atoms with van der Waals surface area (Å²) in [5, 5.41) is 13.2. The van der Waals surface area contributed by atoms with Gasteiger partial charge in [0.1, 0.15) is 0 Å². The molecule has 1 aromatic carbocycles. The number of carboxylic acids is 1. The van der Waals surface area contributed by atoms with E-state index in [2.05, 4.69) is 18.1 Å². The maximum absolute atomic E-state index is 11.1. The third kappa shape index (κ3) is 2.52. The van der Waals surface area contributed by atoms with Gasteiger partial charge in [-0.05, 0) is 51.0 Å². The standard InChI is InChI=1S/C15H18N2O2/c1-9(2)17-14(8-13(16-17)15(18)19)12-6-5-10(3)11(4)7-12/h5-9H,1-4H3,(H,18,19). The van der Waals surface area contributed by atoms with Gasteiger partial charge in [-0.3, -0.25) is 4.68 Å². The third-order valence-corrected chi connectivity index (χ3v) is 3.25. The highest BCUT2D eigenvalue weighted by Gasteiger charge is 2.16. The number of aryl methyl sites for hydroxylation is 2. The van der Waals surface area contributed by atoms with E-state index < -0.39 is 5.97 Å². The van der Waals surface area contributed by atoms with E-state index in [9.17, 15) is 4.79 Å². The monoisotopic (exact) mass is 258 g/mol. The molecule has 0 saturated heterocycles. The summed E-state index contributed by atoms with van der Waals surface area (Å²) in [6.45, 7) is 8.08. The van der Waals surface area contributed by atoms with Gasteiger partial charge in [-0.1, -0.05) is 12.1 Å². The number of aromatic nitrogens is 2. The van der Waals surface area contributed by atoms with Crippen LogP contribution >= 0.6 is 0 Å². The van der Waals surface area contributed by atoms with Crippen molar-refractivity contribution in [2.24, 2.45) is 0 Å². The normalized spacial score (nSPS) is 11.0. The molecule has 2 aromatic rings. The first-order valence-corrected chi connectivity index (χ1v) is 6.30. The highest BCUT2D eigenvalue weighted by atomic mass is 16.4. The van der Waals surface area contributed by atoms with Crippen molar-refractivity contribution in [2.45, 2.75) is 33.7 Å². The Morgan fingerprint density at radius 1 is 1.21 bits per heavy atom. The van der Waals surface area contributed by atoms with Gasteiger partial charge in [-0.15, -0.1) is 0 Å². The molecule has 0 aliphatic carbocycles. The lowest BCUT2D eigenvalue weighted by atomic mass is 10.0. The zero-order valence-electron chi connectivity index (χ0n) is 11.6. The minimum Gasteiger partial charge on any atom is -0.476 e. The van der Waals surface area contributed by atoms with Crippen molar-refractivity contribution in [3.05, 3.63) is 41.1 Å². The van der Waals surface area contributed by atoms with Crippen molar-refractivity contribution in [3.8, 4) is 11.3 Å². The van der Waals surface area contributed by atoms with E-state index in [0.717, 1.165) is 11.3 Å². The van der Waals surface area contributed by atoms with Gasteiger partial charge in [0.05, 0.1) is 5.69 Å². The summed E-state index contributed by atoms with van der Waals surface area (Å²) >= 11 is 0. The number of hydrogen-bond acceptors (Lipinski definition) is 2. The van der Waals surface area contributed by atoms with Crippen molar-refractivity contribution in [1.29, 1.82) is 0 Å². The predicted octanol–water partition coefficient (Wildman–Crippen LogP) is 3.45. The first kappa shape index (κ1) is 13.3. The number of hydrogen-bond donors (Lipinski definition) is 1. The Morgan fingerprint density at radius 2 is 1.89 bits per heavy atom. The maximum atomic E-state index is 11.1. The summed E-state index contributed by atoms with van der Waals surface area (Å²) in [5.41, 5.74) is 4.33.